The second-order valence-corrected chi connectivity index (χ2v) is 9.46. The molecule has 0 aliphatic carbocycles. The van der Waals surface area contributed by atoms with Crippen molar-refractivity contribution in [1.29, 1.82) is 0 Å². The Morgan fingerprint density at radius 3 is 2.54 bits per heavy atom. The molecule has 9 nitrogen and oxygen atoms in total. The van der Waals surface area contributed by atoms with Crippen LogP contribution in [0.2, 0.25) is 0 Å². The average Bonchev–Trinajstić information content (AvgIpc) is 2.73. The molecule has 0 spiro atoms. The van der Waals surface area contributed by atoms with Crippen molar-refractivity contribution in [1.82, 2.24) is 4.72 Å². The number of nitrogens with one attached hydrogen (secondary N) is 1. The number of hydrogen-bond acceptors (Lipinski definition) is 7. The molecule has 1 unspecified atom stereocenters. The van der Waals surface area contributed by atoms with E-state index in [2.05, 4.69) is 9.46 Å². The van der Waals surface area contributed by atoms with Gasteiger partial charge in [0.1, 0.15) is 6.54 Å². The van der Waals surface area contributed by atoms with E-state index in [-0.39, 0.29) is 28.5 Å². The molecule has 1 aliphatic rings. The summed E-state index contributed by atoms with van der Waals surface area (Å²) in [5.74, 6) is -2.21. The van der Waals surface area contributed by atoms with Crippen molar-refractivity contribution < 1.29 is 31.2 Å². The van der Waals surface area contributed by atoms with Crippen molar-refractivity contribution in [2.24, 2.45) is 5.92 Å². The van der Waals surface area contributed by atoms with Crippen LogP contribution in [0, 0.1) is 12.8 Å². The molecule has 2 rings (SSSR count). The van der Waals surface area contributed by atoms with Gasteiger partial charge in [0.25, 0.3) is 0 Å². The minimum Gasteiger partial charge on any atom is -0.465 e. The van der Waals surface area contributed by atoms with Crippen molar-refractivity contribution >= 4 is 37.6 Å². The highest BCUT2D eigenvalue weighted by atomic mass is 32.2. The summed E-state index contributed by atoms with van der Waals surface area (Å²) < 4.78 is 56.4. The summed E-state index contributed by atoms with van der Waals surface area (Å²) in [6.45, 7) is 4.20. The van der Waals surface area contributed by atoms with Gasteiger partial charge in [-0.05, 0) is 37.6 Å². The third-order valence-corrected chi connectivity index (χ3v) is 7.18. The maximum Gasteiger partial charge on any atom is 0.321 e. The van der Waals surface area contributed by atoms with Gasteiger partial charge in [0.15, 0.2) is 0 Å². The second kappa shape index (κ2) is 7.33. The molecule has 0 saturated carbocycles. The number of esters is 1. The van der Waals surface area contributed by atoms with E-state index >= 15 is 0 Å². The molecule has 1 aliphatic heterocycles. The number of rotatable bonds is 6. The predicted octanol–water partition coefficient (Wildman–Crippen LogP) is 0.149. The second-order valence-electron chi connectivity index (χ2n) is 5.86. The van der Waals surface area contributed by atoms with Crippen molar-refractivity contribution in [3.63, 3.8) is 0 Å². The van der Waals surface area contributed by atoms with Crippen molar-refractivity contribution in [3.05, 3.63) is 23.8 Å². The lowest BCUT2D eigenvalue weighted by Crippen LogP contribution is -2.32. The van der Waals surface area contributed by atoms with Crippen LogP contribution < -0.4 is 9.03 Å². The van der Waals surface area contributed by atoms with Gasteiger partial charge in [0.2, 0.25) is 26.0 Å². The summed E-state index contributed by atoms with van der Waals surface area (Å²) in [4.78, 5) is 23.3. The fraction of sp³-hybridized carbons (Fsp3) is 0.467. The zero-order chi connectivity index (χ0) is 19.7. The molecule has 1 atom stereocenters. The zero-order valence-electron chi connectivity index (χ0n) is 14.6. The smallest absolute Gasteiger partial charge is 0.321 e. The Morgan fingerprint density at radius 1 is 1.38 bits per heavy atom. The first kappa shape index (κ1) is 20.3. The number of ether oxygens (including phenoxy) is 1. The van der Waals surface area contributed by atoms with Crippen LogP contribution in [0.25, 0.3) is 0 Å². The van der Waals surface area contributed by atoms with E-state index in [1.807, 2.05) is 0 Å². The van der Waals surface area contributed by atoms with Gasteiger partial charge in [-0.25, -0.2) is 21.1 Å². The molecule has 11 heteroatoms. The lowest BCUT2D eigenvalue weighted by atomic mass is 10.2. The summed E-state index contributed by atoms with van der Waals surface area (Å²) in [5.41, 5.74) is 0.322. The van der Waals surface area contributed by atoms with E-state index < -0.39 is 44.4 Å². The molecule has 0 radical (unpaired) electrons. The topological polar surface area (TPSA) is 127 Å². The van der Waals surface area contributed by atoms with E-state index in [1.165, 1.54) is 32.0 Å². The molecular formula is C15H20N2O7S2. The summed E-state index contributed by atoms with van der Waals surface area (Å²) in [6.07, 6.45) is 0. The monoisotopic (exact) mass is 404 g/mol. The maximum atomic E-state index is 12.3. The van der Waals surface area contributed by atoms with Crippen LogP contribution in [0.3, 0.4) is 0 Å². The summed E-state index contributed by atoms with van der Waals surface area (Å²) in [6, 6.07) is 3.76. The number of carbonyl (C=O) groups is 2. The maximum absolute atomic E-state index is 12.3. The van der Waals surface area contributed by atoms with E-state index in [1.54, 1.807) is 6.92 Å². The normalized spacial score (nSPS) is 19.6. The third kappa shape index (κ3) is 4.05. The van der Waals surface area contributed by atoms with Crippen LogP contribution in [0.1, 0.15) is 19.4 Å². The van der Waals surface area contributed by atoms with Crippen LogP contribution in [0.5, 0.6) is 0 Å². The van der Waals surface area contributed by atoms with E-state index in [9.17, 15) is 26.4 Å². The Kier molecular flexibility index (Phi) is 5.73. The highest BCUT2D eigenvalue weighted by molar-refractivity contribution is 7.94. The molecular weight excluding hydrogens is 384 g/mol. The molecule has 0 aromatic heterocycles. The number of nitrogens with zero attached hydrogens (tertiary/aromatic N) is 1. The largest absolute Gasteiger partial charge is 0.465 e. The molecule has 144 valence electrons. The molecule has 1 N–H and O–H groups in total. The van der Waals surface area contributed by atoms with Gasteiger partial charge in [0.05, 0.1) is 28.9 Å². The van der Waals surface area contributed by atoms with E-state index in [0.717, 1.165) is 0 Å². The van der Waals surface area contributed by atoms with Gasteiger partial charge in [-0.2, -0.15) is 4.72 Å². The Hall–Kier alpha value is -1.98. The quantitative estimate of drug-likeness (QED) is 0.669. The first-order valence-electron chi connectivity index (χ1n) is 7.82. The number of amides is 1. The van der Waals surface area contributed by atoms with Gasteiger partial charge in [-0.1, -0.05) is 6.92 Å². The van der Waals surface area contributed by atoms with Crippen molar-refractivity contribution in [2.45, 2.75) is 25.7 Å². The molecule has 1 amide bonds. The van der Waals surface area contributed by atoms with Crippen LogP contribution in [0.4, 0.5) is 5.69 Å². The third-order valence-electron chi connectivity index (χ3n) is 3.75. The summed E-state index contributed by atoms with van der Waals surface area (Å²) in [7, 11) is -7.78. The summed E-state index contributed by atoms with van der Waals surface area (Å²) in [5, 5.41) is 0. The van der Waals surface area contributed by atoms with Crippen molar-refractivity contribution in [3.8, 4) is 0 Å². The van der Waals surface area contributed by atoms with Crippen molar-refractivity contribution in [2.75, 3.05) is 23.2 Å². The minimum atomic E-state index is -4.00. The molecule has 26 heavy (non-hydrogen) atoms. The Morgan fingerprint density at radius 2 is 2.04 bits per heavy atom. The number of aryl methyl sites for hydroxylation is 1. The molecule has 1 aromatic rings. The lowest BCUT2D eigenvalue weighted by molar-refractivity contribution is -0.141. The Labute approximate surface area is 152 Å². The van der Waals surface area contributed by atoms with Gasteiger partial charge >= 0.3 is 5.97 Å². The van der Waals surface area contributed by atoms with Crippen LogP contribution in [0.15, 0.2) is 23.1 Å². The fourth-order valence-corrected chi connectivity index (χ4v) is 5.60. The first-order chi connectivity index (χ1) is 12.0. The predicted molar refractivity (Wildman–Crippen MR) is 93.4 cm³/mol. The molecule has 1 saturated heterocycles. The molecule has 1 heterocycles. The van der Waals surface area contributed by atoms with Crippen LogP contribution >= 0.6 is 0 Å². The fourth-order valence-electron chi connectivity index (χ4n) is 2.59. The Balaban J connectivity index is 2.30. The van der Waals surface area contributed by atoms with Crippen LogP contribution in [-0.2, 0) is 34.4 Å². The van der Waals surface area contributed by atoms with Crippen LogP contribution in [-0.4, -0.2) is 47.6 Å². The zero-order valence-corrected chi connectivity index (χ0v) is 16.2. The van der Waals surface area contributed by atoms with Gasteiger partial charge < -0.3 is 4.74 Å². The SMILES string of the molecule is CCOC(=O)CNS(=O)(=O)c1ccc(N2C(=O)C(C)CS2(=O)=O)cc1C. The standard InChI is InChI=1S/C15H20N2O7S2/c1-4-24-14(18)8-16-26(22,23)13-6-5-12(7-10(13)2)17-15(19)11(3)9-25(17,20)21/h5-7,11,16H,4,8-9H2,1-3H3. The Bertz CT molecular complexity index is 939. The van der Waals surface area contributed by atoms with E-state index in [4.69, 9.17) is 0 Å². The highest BCUT2D eigenvalue weighted by Crippen LogP contribution is 2.30. The molecule has 1 fully saturated rings. The van der Waals surface area contributed by atoms with E-state index in [0.29, 0.717) is 4.31 Å². The summed E-state index contributed by atoms with van der Waals surface area (Å²) >= 11 is 0. The minimum absolute atomic E-state index is 0.0844. The average molecular weight is 404 g/mol. The van der Waals surface area contributed by atoms with Gasteiger partial charge in [-0.15, -0.1) is 0 Å². The number of sulfonamides is 2. The number of benzene rings is 1. The molecule has 1 aromatic carbocycles. The number of hydrogen-bond donors (Lipinski definition) is 1. The number of anilines is 1. The molecule has 0 bridgehead atoms. The number of carbonyl (C=O) groups excluding carboxylic acids is 2. The first-order valence-corrected chi connectivity index (χ1v) is 10.9. The van der Waals surface area contributed by atoms with Gasteiger partial charge in [0, 0.05) is 0 Å². The van der Waals surface area contributed by atoms with Gasteiger partial charge in [-0.3, -0.25) is 9.59 Å². The lowest BCUT2D eigenvalue weighted by Gasteiger charge is -2.17. The highest BCUT2D eigenvalue weighted by Gasteiger charge is 2.42.